The van der Waals surface area contributed by atoms with Gasteiger partial charge in [0.25, 0.3) is 0 Å². The lowest BCUT2D eigenvalue weighted by molar-refractivity contribution is -0.113. The standard InChI is InChI=1S/C21H20N4OS/c1-12-5-7-16-15(8-12)19-20(25-16)21(23-11-22-19)27-10-18(26)24-17-9-13(2)4-6-14(17)3/h4-9,11,25H,10H2,1-3H3,(H,24,26). The summed E-state index contributed by atoms with van der Waals surface area (Å²) in [4.78, 5) is 24.6. The van der Waals surface area contributed by atoms with E-state index in [2.05, 4.69) is 39.3 Å². The highest BCUT2D eigenvalue weighted by Crippen LogP contribution is 2.30. The van der Waals surface area contributed by atoms with Crippen LogP contribution in [-0.4, -0.2) is 26.6 Å². The number of hydrogen-bond acceptors (Lipinski definition) is 4. The summed E-state index contributed by atoms with van der Waals surface area (Å²) in [6.07, 6.45) is 1.56. The second-order valence-electron chi connectivity index (χ2n) is 6.73. The van der Waals surface area contributed by atoms with Gasteiger partial charge in [-0.15, -0.1) is 0 Å². The van der Waals surface area contributed by atoms with Crippen LogP contribution in [0.1, 0.15) is 16.7 Å². The van der Waals surface area contributed by atoms with Crippen LogP contribution < -0.4 is 5.32 Å². The second kappa shape index (κ2) is 7.04. The number of carbonyl (C=O) groups excluding carboxylic acids is 1. The molecule has 2 aromatic carbocycles. The molecule has 0 radical (unpaired) electrons. The van der Waals surface area contributed by atoms with E-state index >= 15 is 0 Å². The highest BCUT2D eigenvalue weighted by Gasteiger charge is 2.13. The van der Waals surface area contributed by atoms with Gasteiger partial charge in [0.2, 0.25) is 5.91 Å². The van der Waals surface area contributed by atoms with Gasteiger partial charge < -0.3 is 10.3 Å². The zero-order valence-electron chi connectivity index (χ0n) is 15.5. The third kappa shape index (κ3) is 3.53. The summed E-state index contributed by atoms with van der Waals surface area (Å²) in [5.41, 5.74) is 7.00. The molecule has 4 rings (SSSR count). The Hall–Kier alpha value is -2.86. The molecule has 5 nitrogen and oxygen atoms in total. The van der Waals surface area contributed by atoms with Crippen molar-refractivity contribution in [3.8, 4) is 0 Å². The molecule has 0 saturated heterocycles. The van der Waals surface area contributed by atoms with Gasteiger partial charge in [-0.05, 0) is 50.1 Å². The number of fused-ring (bicyclic) bond motifs is 3. The van der Waals surface area contributed by atoms with Gasteiger partial charge in [0.1, 0.15) is 16.9 Å². The molecule has 2 aromatic heterocycles. The summed E-state index contributed by atoms with van der Waals surface area (Å²) in [5.74, 6) is 0.237. The summed E-state index contributed by atoms with van der Waals surface area (Å²) in [7, 11) is 0. The molecular formula is C21H20N4OS. The zero-order chi connectivity index (χ0) is 19.0. The van der Waals surface area contributed by atoms with Gasteiger partial charge in [0.05, 0.1) is 11.3 Å². The number of carbonyl (C=O) groups is 1. The Morgan fingerprint density at radius 3 is 2.70 bits per heavy atom. The van der Waals surface area contributed by atoms with Crippen molar-refractivity contribution in [3.63, 3.8) is 0 Å². The van der Waals surface area contributed by atoms with Gasteiger partial charge in [-0.3, -0.25) is 4.79 Å². The number of rotatable bonds is 4. The molecule has 0 spiro atoms. The number of benzene rings is 2. The van der Waals surface area contributed by atoms with E-state index in [1.54, 1.807) is 6.33 Å². The van der Waals surface area contributed by atoms with Crippen molar-refractivity contribution < 1.29 is 4.79 Å². The Morgan fingerprint density at radius 2 is 1.85 bits per heavy atom. The smallest absolute Gasteiger partial charge is 0.234 e. The molecule has 136 valence electrons. The van der Waals surface area contributed by atoms with Crippen molar-refractivity contribution in [3.05, 3.63) is 59.4 Å². The zero-order valence-corrected chi connectivity index (χ0v) is 16.3. The fourth-order valence-electron chi connectivity index (χ4n) is 3.08. The number of aromatic amines is 1. The normalized spacial score (nSPS) is 11.2. The van der Waals surface area contributed by atoms with E-state index in [1.165, 1.54) is 17.3 Å². The molecule has 4 aromatic rings. The van der Waals surface area contributed by atoms with E-state index in [0.717, 1.165) is 43.8 Å². The minimum absolute atomic E-state index is 0.0487. The van der Waals surface area contributed by atoms with Crippen LogP contribution in [0.4, 0.5) is 5.69 Å². The van der Waals surface area contributed by atoms with Crippen molar-refractivity contribution in [1.82, 2.24) is 15.0 Å². The molecular weight excluding hydrogens is 356 g/mol. The topological polar surface area (TPSA) is 70.7 Å². The van der Waals surface area contributed by atoms with E-state index < -0.39 is 0 Å². The second-order valence-corrected chi connectivity index (χ2v) is 7.70. The molecule has 0 aliphatic heterocycles. The first-order chi connectivity index (χ1) is 13.0. The number of thioether (sulfide) groups is 1. The lowest BCUT2D eigenvalue weighted by Gasteiger charge is -2.09. The SMILES string of the molecule is Cc1ccc(C)c(NC(=O)CSc2ncnc3c2[nH]c2ccc(C)cc23)c1. The quantitative estimate of drug-likeness (QED) is 0.398. The van der Waals surface area contributed by atoms with Crippen molar-refractivity contribution in [2.75, 3.05) is 11.1 Å². The highest BCUT2D eigenvalue weighted by atomic mass is 32.2. The van der Waals surface area contributed by atoms with Crippen LogP contribution in [-0.2, 0) is 4.79 Å². The summed E-state index contributed by atoms with van der Waals surface area (Å²) in [6, 6.07) is 12.3. The average Bonchev–Trinajstić information content (AvgIpc) is 3.01. The van der Waals surface area contributed by atoms with Crippen molar-refractivity contribution in [2.24, 2.45) is 0 Å². The summed E-state index contributed by atoms with van der Waals surface area (Å²) in [6.45, 7) is 6.06. The van der Waals surface area contributed by atoms with Crippen LogP contribution in [0.25, 0.3) is 21.9 Å². The Labute approximate surface area is 161 Å². The third-order valence-electron chi connectivity index (χ3n) is 4.51. The molecule has 0 fully saturated rings. The van der Waals surface area contributed by atoms with Crippen LogP contribution in [0.2, 0.25) is 0 Å². The van der Waals surface area contributed by atoms with Gasteiger partial charge in [0, 0.05) is 16.6 Å². The Balaban J connectivity index is 1.56. The van der Waals surface area contributed by atoms with E-state index in [1.807, 2.05) is 38.1 Å². The molecule has 2 N–H and O–H groups in total. The van der Waals surface area contributed by atoms with Crippen LogP contribution in [0.15, 0.2) is 47.8 Å². The maximum atomic E-state index is 12.4. The molecule has 0 saturated carbocycles. The van der Waals surface area contributed by atoms with Crippen molar-refractivity contribution in [1.29, 1.82) is 0 Å². The van der Waals surface area contributed by atoms with Crippen LogP contribution >= 0.6 is 11.8 Å². The monoisotopic (exact) mass is 376 g/mol. The first-order valence-electron chi connectivity index (χ1n) is 8.74. The largest absolute Gasteiger partial charge is 0.351 e. The molecule has 0 unspecified atom stereocenters. The number of aryl methyl sites for hydroxylation is 3. The van der Waals surface area contributed by atoms with Crippen molar-refractivity contribution >= 4 is 45.3 Å². The number of anilines is 1. The number of nitrogens with one attached hydrogen (secondary N) is 2. The van der Waals surface area contributed by atoms with E-state index in [9.17, 15) is 4.79 Å². The van der Waals surface area contributed by atoms with Gasteiger partial charge in [-0.1, -0.05) is 35.5 Å². The summed E-state index contributed by atoms with van der Waals surface area (Å²) < 4.78 is 0. The van der Waals surface area contributed by atoms with E-state index in [-0.39, 0.29) is 11.7 Å². The molecule has 1 amide bonds. The maximum absolute atomic E-state index is 12.4. The summed E-state index contributed by atoms with van der Waals surface area (Å²) in [5, 5.41) is 4.85. The number of aromatic nitrogens is 3. The van der Waals surface area contributed by atoms with Gasteiger partial charge in [-0.2, -0.15) is 0 Å². The first kappa shape index (κ1) is 17.5. The molecule has 27 heavy (non-hydrogen) atoms. The minimum Gasteiger partial charge on any atom is -0.351 e. The summed E-state index contributed by atoms with van der Waals surface area (Å²) >= 11 is 1.41. The van der Waals surface area contributed by atoms with Crippen LogP contribution in [0.5, 0.6) is 0 Å². The average molecular weight is 376 g/mol. The molecule has 0 aliphatic rings. The lowest BCUT2D eigenvalue weighted by atomic mass is 10.1. The van der Waals surface area contributed by atoms with Gasteiger partial charge >= 0.3 is 0 Å². The predicted molar refractivity (Wildman–Crippen MR) is 111 cm³/mol. The van der Waals surface area contributed by atoms with E-state index in [4.69, 9.17) is 0 Å². The Kier molecular flexibility index (Phi) is 4.58. The molecule has 6 heteroatoms. The predicted octanol–water partition coefficient (Wildman–Crippen LogP) is 4.77. The fraction of sp³-hybridized carbons (Fsp3) is 0.190. The number of hydrogen-bond donors (Lipinski definition) is 2. The van der Waals surface area contributed by atoms with Crippen LogP contribution in [0.3, 0.4) is 0 Å². The Bertz CT molecular complexity index is 1170. The molecule has 0 atom stereocenters. The Morgan fingerprint density at radius 1 is 1.07 bits per heavy atom. The molecule has 0 bridgehead atoms. The third-order valence-corrected chi connectivity index (χ3v) is 5.50. The van der Waals surface area contributed by atoms with E-state index in [0.29, 0.717) is 0 Å². The fourth-order valence-corrected chi connectivity index (χ4v) is 3.84. The van der Waals surface area contributed by atoms with Crippen LogP contribution in [0, 0.1) is 20.8 Å². The van der Waals surface area contributed by atoms with Gasteiger partial charge in [-0.25, -0.2) is 9.97 Å². The number of H-pyrrole nitrogens is 1. The molecule has 0 aliphatic carbocycles. The lowest BCUT2D eigenvalue weighted by Crippen LogP contribution is -2.15. The highest BCUT2D eigenvalue weighted by molar-refractivity contribution is 8.00. The molecule has 2 heterocycles. The van der Waals surface area contributed by atoms with Crippen molar-refractivity contribution in [2.45, 2.75) is 25.8 Å². The van der Waals surface area contributed by atoms with Gasteiger partial charge in [0.15, 0.2) is 0 Å². The first-order valence-corrected chi connectivity index (χ1v) is 9.73. The minimum atomic E-state index is -0.0487. The number of amides is 1. The number of nitrogens with zero attached hydrogens (tertiary/aromatic N) is 2. The maximum Gasteiger partial charge on any atom is 0.234 e.